The molecule has 2 aromatic heterocycles. The van der Waals surface area contributed by atoms with Crippen LogP contribution in [-0.4, -0.2) is 15.5 Å². The van der Waals surface area contributed by atoms with Gasteiger partial charge in [0.25, 0.3) is 0 Å². The molecule has 0 aliphatic heterocycles. The van der Waals surface area contributed by atoms with Crippen LogP contribution in [0, 0.1) is 20.8 Å². The van der Waals surface area contributed by atoms with Crippen molar-refractivity contribution in [2.75, 3.05) is 5.32 Å². The highest BCUT2D eigenvalue weighted by Gasteiger charge is 2.08. The van der Waals surface area contributed by atoms with Crippen LogP contribution in [-0.2, 0) is 11.3 Å². The van der Waals surface area contributed by atoms with Gasteiger partial charge in [0, 0.05) is 29.2 Å². The highest BCUT2D eigenvalue weighted by Crippen LogP contribution is 2.06. The van der Waals surface area contributed by atoms with Gasteiger partial charge in [0.15, 0.2) is 5.43 Å². The number of pyridine rings is 2. The number of amides is 1. The number of carbonyl (C=O) groups excluding carboxylic acids is 1. The zero-order valence-corrected chi connectivity index (χ0v) is 11.8. The van der Waals surface area contributed by atoms with E-state index in [1.54, 1.807) is 10.6 Å². The van der Waals surface area contributed by atoms with Crippen molar-refractivity contribution < 1.29 is 4.79 Å². The van der Waals surface area contributed by atoms with E-state index in [1.807, 2.05) is 32.9 Å². The van der Waals surface area contributed by atoms with E-state index in [1.165, 1.54) is 12.1 Å². The average molecular weight is 271 g/mol. The highest BCUT2D eigenvalue weighted by molar-refractivity contribution is 5.89. The van der Waals surface area contributed by atoms with Gasteiger partial charge in [-0.15, -0.1) is 0 Å². The normalized spacial score (nSPS) is 10.3. The Balaban J connectivity index is 2.15. The Bertz CT molecular complexity index is 678. The number of aryl methyl sites for hydroxylation is 3. The molecule has 0 atom stereocenters. The molecule has 0 bridgehead atoms. The number of hydrogen-bond donors (Lipinski definition) is 1. The summed E-state index contributed by atoms with van der Waals surface area (Å²) in [5.74, 6) is 0.365. The van der Waals surface area contributed by atoms with Crippen molar-refractivity contribution in [2.24, 2.45) is 0 Å². The van der Waals surface area contributed by atoms with Gasteiger partial charge in [-0.05, 0) is 32.9 Å². The summed E-state index contributed by atoms with van der Waals surface area (Å²) in [6.45, 7) is 5.65. The van der Waals surface area contributed by atoms with Gasteiger partial charge in [0.1, 0.15) is 12.4 Å². The predicted octanol–water partition coefficient (Wildman–Crippen LogP) is 1.81. The minimum absolute atomic E-state index is 0.0444. The number of nitrogens with one attached hydrogen (secondary N) is 1. The Hall–Kier alpha value is -2.43. The van der Waals surface area contributed by atoms with Crippen LogP contribution in [0.1, 0.15) is 17.1 Å². The summed E-state index contributed by atoms with van der Waals surface area (Å²) in [4.78, 5) is 27.6. The minimum atomic E-state index is -0.169. The molecule has 2 rings (SSSR count). The van der Waals surface area contributed by atoms with E-state index in [-0.39, 0.29) is 17.9 Å². The lowest BCUT2D eigenvalue weighted by molar-refractivity contribution is -0.116. The van der Waals surface area contributed by atoms with Crippen LogP contribution >= 0.6 is 0 Å². The van der Waals surface area contributed by atoms with E-state index in [0.29, 0.717) is 5.82 Å². The largest absolute Gasteiger partial charge is 0.340 e. The van der Waals surface area contributed by atoms with E-state index < -0.39 is 0 Å². The van der Waals surface area contributed by atoms with E-state index in [9.17, 15) is 9.59 Å². The van der Waals surface area contributed by atoms with Crippen molar-refractivity contribution in [3.05, 3.63) is 57.6 Å². The smallest absolute Gasteiger partial charge is 0.245 e. The van der Waals surface area contributed by atoms with Crippen molar-refractivity contribution >= 4 is 11.7 Å². The van der Waals surface area contributed by atoms with Crippen LogP contribution in [0.5, 0.6) is 0 Å². The molecule has 104 valence electrons. The van der Waals surface area contributed by atoms with Crippen LogP contribution < -0.4 is 10.7 Å². The first-order chi connectivity index (χ1) is 9.45. The summed E-state index contributed by atoms with van der Waals surface area (Å²) in [7, 11) is 0. The molecule has 5 heteroatoms. The molecule has 0 aromatic carbocycles. The Kier molecular flexibility index (Phi) is 3.98. The van der Waals surface area contributed by atoms with Crippen LogP contribution in [0.4, 0.5) is 5.82 Å². The van der Waals surface area contributed by atoms with Crippen molar-refractivity contribution in [3.63, 3.8) is 0 Å². The Labute approximate surface area is 117 Å². The maximum atomic E-state index is 12.0. The molecule has 0 spiro atoms. The van der Waals surface area contributed by atoms with Crippen molar-refractivity contribution in [1.29, 1.82) is 0 Å². The second kappa shape index (κ2) is 5.69. The van der Waals surface area contributed by atoms with Crippen LogP contribution in [0.15, 0.2) is 35.1 Å². The van der Waals surface area contributed by atoms with Crippen molar-refractivity contribution in [3.8, 4) is 0 Å². The first kappa shape index (κ1) is 14.0. The standard InChI is InChI=1S/C15H17N3O2/c1-10-5-4-6-14(16-10)17-15(20)9-18-11(2)7-13(19)8-12(18)3/h4-8H,9H2,1-3H3,(H,16,17,20). The fraction of sp³-hybridized carbons (Fsp3) is 0.267. The summed E-state index contributed by atoms with van der Waals surface area (Å²) in [5, 5.41) is 2.75. The van der Waals surface area contributed by atoms with Gasteiger partial charge in [-0.1, -0.05) is 6.07 Å². The molecule has 20 heavy (non-hydrogen) atoms. The molecule has 2 aromatic rings. The zero-order chi connectivity index (χ0) is 14.7. The summed E-state index contributed by atoms with van der Waals surface area (Å²) in [6, 6.07) is 8.49. The average Bonchev–Trinajstić information content (AvgIpc) is 2.33. The molecule has 1 N–H and O–H groups in total. The van der Waals surface area contributed by atoms with Gasteiger partial charge < -0.3 is 9.88 Å². The third-order valence-electron chi connectivity index (χ3n) is 3.01. The Morgan fingerprint density at radius 1 is 1.20 bits per heavy atom. The monoisotopic (exact) mass is 271 g/mol. The summed E-state index contributed by atoms with van der Waals surface area (Å²) in [6.07, 6.45) is 0. The molecule has 0 aliphatic carbocycles. The van der Waals surface area contributed by atoms with Crippen LogP contribution in [0.3, 0.4) is 0 Å². The summed E-state index contributed by atoms with van der Waals surface area (Å²) in [5.41, 5.74) is 2.33. The molecular formula is C15H17N3O2. The molecule has 0 aliphatic rings. The maximum absolute atomic E-state index is 12.0. The first-order valence-electron chi connectivity index (χ1n) is 6.37. The topological polar surface area (TPSA) is 64.0 Å². The summed E-state index contributed by atoms with van der Waals surface area (Å²) >= 11 is 0. The zero-order valence-electron chi connectivity index (χ0n) is 11.8. The lowest BCUT2D eigenvalue weighted by Gasteiger charge is -2.13. The number of anilines is 1. The predicted molar refractivity (Wildman–Crippen MR) is 77.8 cm³/mol. The fourth-order valence-electron chi connectivity index (χ4n) is 2.08. The van der Waals surface area contributed by atoms with Gasteiger partial charge in [-0.2, -0.15) is 0 Å². The van der Waals surface area contributed by atoms with E-state index >= 15 is 0 Å². The van der Waals surface area contributed by atoms with Crippen LogP contribution in [0.25, 0.3) is 0 Å². The third kappa shape index (κ3) is 3.32. The SMILES string of the molecule is Cc1cccc(NC(=O)Cn2c(C)cc(=O)cc2C)n1. The van der Waals surface area contributed by atoms with Crippen LogP contribution in [0.2, 0.25) is 0 Å². The second-order valence-electron chi connectivity index (χ2n) is 4.77. The molecule has 2 heterocycles. The molecular weight excluding hydrogens is 254 g/mol. The Morgan fingerprint density at radius 3 is 2.45 bits per heavy atom. The molecule has 0 saturated heterocycles. The number of hydrogen-bond acceptors (Lipinski definition) is 3. The molecule has 0 unspecified atom stereocenters. The first-order valence-corrected chi connectivity index (χ1v) is 6.37. The fourth-order valence-corrected chi connectivity index (χ4v) is 2.08. The van der Waals surface area contributed by atoms with Gasteiger partial charge in [-0.3, -0.25) is 9.59 Å². The van der Waals surface area contributed by atoms with Gasteiger partial charge in [0.2, 0.25) is 5.91 Å². The lowest BCUT2D eigenvalue weighted by atomic mass is 10.3. The number of aromatic nitrogens is 2. The molecule has 0 saturated carbocycles. The summed E-state index contributed by atoms with van der Waals surface area (Å²) < 4.78 is 1.80. The van der Waals surface area contributed by atoms with Crippen molar-refractivity contribution in [1.82, 2.24) is 9.55 Å². The van der Waals surface area contributed by atoms with Gasteiger partial charge in [0.05, 0.1) is 0 Å². The van der Waals surface area contributed by atoms with E-state index in [2.05, 4.69) is 10.3 Å². The number of nitrogens with zero attached hydrogens (tertiary/aromatic N) is 2. The molecule has 5 nitrogen and oxygen atoms in total. The second-order valence-corrected chi connectivity index (χ2v) is 4.77. The number of rotatable bonds is 3. The Morgan fingerprint density at radius 2 is 1.85 bits per heavy atom. The molecule has 0 fully saturated rings. The van der Waals surface area contributed by atoms with E-state index in [0.717, 1.165) is 17.1 Å². The van der Waals surface area contributed by atoms with Gasteiger partial charge in [-0.25, -0.2) is 4.98 Å². The minimum Gasteiger partial charge on any atom is -0.340 e. The highest BCUT2D eigenvalue weighted by atomic mass is 16.2. The molecule has 0 radical (unpaired) electrons. The van der Waals surface area contributed by atoms with E-state index in [4.69, 9.17) is 0 Å². The quantitative estimate of drug-likeness (QED) is 0.926. The lowest BCUT2D eigenvalue weighted by Crippen LogP contribution is -2.23. The maximum Gasteiger partial charge on any atom is 0.245 e. The van der Waals surface area contributed by atoms with Gasteiger partial charge >= 0.3 is 0 Å². The third-order valence-corrected chi connectivity index (χ3v) is 3.01. The molecule has 1 amide bonds. The van der Waals surface area contributed by atoms with Crippen molar-refractivity contribution in [2.45, 2.75) is 27.3 Å². The number of carbonyl (C=O) groups is 1.